The molecule has 0 aromatic carbocycles. The second kappa shape index (κ2) is 3.11. The molecule has 0 fully saturated rings. The van der Waals surface area contributed by atoms with Gasteiger partial charge in [-0.25, -0.2) is 0 Å². The van der Waals surface area contributed by atoms with Crippen molar-refractivity contribution in [3.8, 4) is 0 Å². The molecule has 0 bridgehead atoms. The first-order valence-electron chi connectivity index (χ1n) is 3.32. The van der Waals surface area contributed by atoms with Crippen LogP contribution in [0.15, 0.2) is 22.8 Å². The van der Waals surface area contributed by atoms with Crippen molar-refractivity contribution in [1.82, 2.24) is 0 Å². The zero-order chi connectivity index (χ0) is 9.35. The van der Waals surface area contributed by atoms with Gasteiger partial charge in [0.1, 0.15) is 0 Å². The summed E-state index contributed by atoms with van der Waals surface area (Å²) >= 11 is 5.35. The number of hydrogen-bond acceptors (Lipinski definition) is 1. The van der Waals surface area contributed by atoms with Crippen molar-refractivity contribution < 1.29 is 13.2 Å². The molecule has 1 rings (SSSR count). The van der Waals surface area contributed by atoms with Gasteiger partial charge in [-0.15, -0.1) is 0 Å². The van der Waals surface area contributed by atoms with Crippen LogP contribution in [-0.4, -0.2) is 12.2 Å². The molecule has 1 unspecified atom stereocenters. The third-order valence-corrected chi connectivity index (χ3v) is 1.87. The number of allylic oxidation sites excluding steroid dienone is 2. The minimum absolute atomic E-state index is 0.260. The second-order valence-electron chi connectivity index (χ2n) is 2.53. The van der Waals surface area contributed by atoms with E-state index in [0.717, 1.165) is 6.08 Å². The molecule has 12 heavy (non-hydrogen) atoms. The molecule has 0 heterocycles. The molecule has 68 valence electrons. The Morgan fingerprint density at radius 1 is 1.50 bits per heavy atom. The summed E-state index contributed by atoms with van der Waals surface area (Å²) in [5.74, 6) is 0. The van der Waals surface area contributed by atoms with Gasteiger partial charge >= 0.3 is 6.18 Å². The van der Waals surface area contributed by atoms with Crippen molar-refractivity contribution in [2.24, 2.45) is 5.73 Å². The SMILES string of the molecule is NC1C=C(C(F)(F)F)C(Cl)=CC1. The van der Waals surface area contributed by atoms with E-state index in [0.29, 0.717) is 6.42 Å². The number of rotatable bonds is 0. The molecule has 1 aliphatic carbocycles. The number of alkyl halides is 3. The van der Waals surface area contributed by atoms with Gasteiger partial charge in [-0.3, -0.25) is 0 Å². The maximum Gasteiger partial charge on any atom is 0.417 e. The lowest BCUT2D eigenvalue weighted by Crippen LogP contribution is -2.24. The van der Waals surface area contributed by atoms with Crippen LogP contribution in [0.1, 0.15) is 6.42 Å². The van der Waals surface area contributed by atoms with Crippen LogP contribution in [0.5, 0.6) is 0 Å². The molecular formula is C7H7ClF3N. The minimum Gasteiger partial charge on any atom is -0.324 e. The topological polar surface area (TPSA) is 26.0 Å². The van der Waals surface area contributed by atoms with Crippen LogP contribution in [0, 0.1) is 0 Å². The summed E-state index contributed by atoms with van der Waals surface area (Å²) in [5, 5.41) is -0.260. The predicted octanol–water partition coefficient (Wildman–Crippen LogP) is 2.33. The van der Waals surface area contributed by atoms with E-state index in [2.05, 4.69) is 0 Å². The number of nitrogens with two attached hydrogens (primary N) is 1. The van der Waals surface area contributed by atoms with E-state index in [1.54, 1.807) is 0 Å². The predicted molar refractivity (Wildman–Crippen MR) is 40.7 cm³/mol. The summed E-state index contributed by atoms with van der Waals surface area (Å²) < 4.78 is 36.3. The van der Waals surface area contributed by atoms with Crippen molar-refractivity contribution in [3.05, 3.63) is 22.8 Å². The van der Waals surface area contributed by atoms with Crippen LogP contribution in [0.25, 0.3) is 0 Å². The molecule has 1 nitrogen and oxygen atoms in total. The van der Waals surface area contributed by atoms with E-state index >= 15 is 0 Å². The zero-order valence-electron chi connectivity index (χ0n) is 6.03. The van der Waals surface area contributed by atoms with Crippen LogP contribution >= 0.6 is 11.6 Å². The van der Waals surface area contributed by atoms with Gasteiger partial charge in [-0.2, -0.15) is 13.2 Å². The minimum atomic E-state index is -4.40. The molecule has 1 atom stereocenters. The third-order valence-electron chi connectivity index (χ3n) is 1.51. The Morgan fingerprint density at radius 2 is 2.08 bits per heavy atom. The first-order valence-corrected chi connectivity index (χ1v) is 3.69. The van der Waals surface area contributed by atoms with Crippen molar-refractivity contribution in [1.29, 1.82) is 0 Å². The maximum atomic E-state index is 12.1. The van der Waals surface area contributed by atoms with E-state index in [9.17, 15) is 13.2 Å². The van der Waals surface area contributed by atoms with Crippen LogP contribution in [0.3, 0.4) is 0 Å². The van der Waals surface area contributed by atoms with E-state index in [1.807, 2.05) is 0 Å². The lowest BCUT2D eigenvalue weighted by Gasteiger charge is -2.17. The Bertz CT molecular complexity index is 242. The normalized spacial score (nSPS) is 24.9. The molecule has 0 aromatic rings. The molecule has 0 aromatic heterocycles. The first kappa shape index (κ1) is 9.61. The largest absolute Gasteiger partial charge is 0.417 e. The van der Waals surface area contributed by atoms with E-state index < -0.39 is 17.8 Å². The van der Waals surface area contributed by atoms with Crippen molar-refractivity contribution in [3.63, 3.8) is 0 Å². The Kier molecular flexibility index (Phi) is 2.49. The molecule has 1 aliphatic rings. The Balaban J connectivity index is 2.94. The van der Waals surface area contributed by atoms with Gasteiger partial charge in [0.15, 0.2) is 0 Å². The highest BCUT2D eigenvalue weighted by Gasteiger charge is 2.36. The molecule has 0 saturated heterocycles. The van der Waals surface area contributed by atoms with E-state index in [1.165, 1.54) is 6.08 Å². The number of halogens is 4. The van der Waals surface area contributed by atoms with Gasteiger partial charge in [0.05, 0.1) is 5.57 Å². The van der Waals surface area contributed by atoms with Crippen molar-refractivity contribution in [2.75, 3.05) is 0 Å². The Morgan fingerprint density at radius 3 is 2.50 bits per heavy atom. The van der Waals surface area contributed by atoms with E-state index in [-0.39, 0.29) is 5.03 Å². The van der Waals surface area contributed by atoms with Gasteiger partial charge in [0.2, 0.25) is 0 Å². The molecule has 0 radical (unpaired) electrons. The maximum absolute atomic E-state index is 12.1. The summed E-state index contributed by atoms with van der Waals surface area (Å²) in [6.07, 6.45) is -1.80. The summed E-state index contributed by atoms with van der Waals surface area (Å²) in [7, 11) is 0. The van der Waals surface area contributed by atoms with E-state index in [4.69, 9.17) is 17.3 Å². The lowest BCUT2D eigenvalue weighted by molar-refractivity contribution is -0.0891. The molecular weight excluding hydrogens is 191 g/mol. The Labute approximate surface area is 72.7 Å². The first-order chi connectivity index (χ1) is 5.41. The fourth-order valence-electron chi connectivity index (χ4n) is 0.941. The van der Waals surface area contributed by atoms with Gasteiger partial charge in [0, 0.05) is 11.1 Å². The molecule has 0 spiro atoms. The van der Waals surface area contributed by atoms with Gasteiger partial charge < -0.3 is 5.73 Å². The molecule has 0 aliphatic heterocycles. The lowest BCUT2D eigenvalue weighted by atomic mass is 10.0. The summed E-state index contributed by atoms with van der Waals surface area (Å²) in [5.41, 5.74) is 4.47. The van der Waals surface area contributed by atoms with Crippen molar-refractivity contribution >= 4 is 11.6 Å². The fraction of sp³-hybridized carbons (Fsp3) is 0.429. The third kappa shape index (κ3) is 2.01. The van der Waals surface area contributed by atoms with Crippen molar-refractivity contribution in [2.45, 2.75) is 18.6 Å². The monoisotopic (exact) mass is 197 g/mol. The molecule has 2 N–H and O–H groups in total. The highest BCUT2D eigenvalue weighted by atomic mass is 35.5. The zero-order valence-corrected chi connectivity index (χ0v) is 6.78. The average molecular weight is 198 g/mol. The highest BCUT2D eigenvalue weighted by Crippen LogP contribution is 2.35. The standard InChI is InChI=1S/C7H7ClF3N/c8-6-2-1-4(12)3-5(6)7(9,10)11/h2-4H,1,12H2. The van der Waals surface area contributed by atoms with Crippen LogP contribution < -0.4 is 5.73 Å². The molecule has 0 saturated carbocycles. The smallest absolute Gasteiger partial charge is 0.324 e. The van der Waals surface area contributed by atoms with Gasteiger partial charge in [-0.05, 0) is 6.42 Å². The quantitative estimate of drug-likeness (QED) is 0.634. The van der Waals surface area contributed by atoms with Crippen LogP contribution in [0.2, 0.25) is 0 Å². The summed E-state index contributed by atoms with van der Waals surface area (Å²) in [4.78, 5) is 0. The summed E-state index contributed by atoms with van der Waals surface area (Å²) in [6, 6.07) is -0.580. The molecule has 5 heteroatoms. The second-order valence-corrected chi connectivity index (χ2v) is 2.94. The van der Waals surface area contributed by atoms with Gasteiger partial charge in [0.25, 0.3) is 0 Å². The average Bonchev–Trinajstić information content (AvgIpc) is 1.92. The van der Waals surface area contributed by atoms with Crippen LogP contribution in [-0.2, 0) is 0 Å². The van der Waals surface area contributed by atoms with Gasteiger partial charge in [-0.1, -0.05) is 23.8 Å². The Hall–Kier alpha value is -0.480. The van der Waals surface area contributed by atoms with Crippen LogP contribution in [0.4, 0.5) is 13.2 Å². The molecule has 0 amide bonds. The highest BCUT2D eigenvalue weighted by molar-refractivity contribution is 6.32. The summed E-state index contributed by atoms with van der Waals surface area (Å²) in [6.45, 7) is 0. The fourth-order valence-corrected chi connectivity index (χ4v) is 1.20. The number of hydrogen-bond donors (Lipinski definition) is 1.